The van der Waals surface area contributed by atoms with Gasteiger partial charge in [-0.1, -0.05) is 29.8 Å². The minimum absolute atomic E-state index is 0.422. The summed E-state index contributed by atoms with van der Waals surface area (Å²) in [5.41, 5.74) is 2.16. The maximum Gasteiger partial charge on any atom is 0.0705 e. The Morgan fingerprint density at radius 3 is 2.86 bits per heavy atom. The quantitative estimate of drug-likeness (QED) is 0.892. The van der Waals surface area contributed by atoms with Gasteiger partial charge in [0.1, 0.15) is 0 Å². The number of H-pyrrole nitrogens is 1. The van der Waals surface area contributed by atoms with Crippen molar-refractivity contribution in [1.29, 1.82) is 0 Å². The number of fused-ring (bicyclic) bond motifs is 1. The average molecular weight is 308 g/mol. The molecule has 5 heteroatoms. The molecule has 1 atom stereocenters. The van der Waals surface area contributed by atoms with E-state index in [2.05, 4.69) is 34.3 Å². The van der Waals surface area contributed by atoms with Crippen LogP contribution in [-0.4, -0.2) is 48.8 Å². The summed E-state index contributed by atoms with van der Waals surface area (Å²) in [6.07, 6.45) is 0. The summed E-state index contributed by atoms with van der Waals surface area (Å²) in [6, 6.07) is 8.57. The van der Waals surface area contributed by atoms with Gasteiger partial charge in [-0.25, -0.2) is 0 Å². The highest BCUT2D eigenvalue weighted by Crippen LogP contribution is 2.26. The monoisotopic (exact) mass is 307 g/mol. The normalized spacial score (nSPS) is 18.2. The molecule has 0 amide bonds. The largest absolute Gasteiger partial charge is 0.379 e. The van der Waals surface area contributed by atoms with Crippen LogP contribution in [0.1, 0.15) is 12.6 Å². The van der Waals surface area contributed by atoms with Crippen molar-refractivity contribution in [3.63, 3.8) is 0 Å². The molecule has 3 rings (SSSR count). The lowest BCUT2D eigenvalue weighted by Gasteiger charge is -2.29. The van der Waals surface area contributed by atoms with Gasteiger partial charge in [0, 0.05) is 48.8 Å². The lowest BCUT2D eigenvalue weighted by Crippen LogP contribution is -2.44. The van der Waals surface area contributed by atoms with Crippen molar-refractivity contribution >= 4 is 22.5 Å². The van der Waals surface area contributed by atoms with Crippen molar-refractivity contribution in [3.8, 4) is 0 Å². The van der Waals surface area contributed by atoms with Gasteiger partial charge in [-0.3, -0.25) is 4.90 Å². The number of hydrogen-bond donors (Lipinski definition) is 2. The molecular formula is C16H22ClN3O. The maximum atomic E-state index is 6.43. The fourth-order valence-electron chi connectivity index (χ4n) is 2.80. The first-order valence-electron chi connectivity index (χ1n) is 7.52. The summed E-state index contributed by atoms with van der Waals surface area (Å²) in [6.45, 7) is 7.77. The number of nitrogens with one attached hydrogen (secondary N) is 2. The van der Waals surface area contributed by atoms with Gasteiger partial charge < -0.3 is 15.0 Å². The summed E-state index contributed by atoms with van der Waals surface area (Å²) >= 11 is 6.43. The van der Waals surface area contributed by atoms with E-state index in [9.17, 15) is 0 Å². The van der Waals surface area contributed by atoms with E-state index in [0.29, 0.717) is 6.04 Å². The standard InChI is InChI=1S/C16H22ClN3O/c1-12(11-20-6-8-21-9-7-20)18-10-15-16(17)13-4-2-3-5-14(13)19-15/h2-5,12,18-19H,6-11H2,1H3. The smallest absolute Gasteiger partial charge is 0.0705 e. The number of benzene rings is 1. The lowest BCUT2D eigenvalue weighted by atomic mass is 10.2. The van der Waals surface area contributed by atoms with E-state index in [4.69, 9.17) is 16.3 Å². The molecule has 0 aliphatic carbocycles. The topological polar surface area (TPSA) is 40.3 Å². The lowest BCUT2D eigenvalue weighted by molar-refractivity contribution is 0.0343. The third kappa shape index (κ3) is 3.58. The van der Waals surface area contributed by atoms with E-state index >= 15 is 0 Å². The number of ether oxygens (including phenoxy) is 1. The predicted octanol–water partition coefficient (Wildman–Crippen LogP) is 2.63. The van der Waals surface area contributed by atoms with E-state index < -0.39 is 0 Å². The Morgan fingerprint density at radius 1 is 1.33 bits per heavy atom. The minimum atomic E-state index is 0.422. The fraction of sp³-hybridized carbons (Fsp3) is 0.500. The molecule has 2 aromatic rings. The van der Waals surface area contributed by atoms with E-state index in [1.807, 2.05) is 12.1 Å². The summed E-state index contributed by atoms with van der Waals surface area (Å²) in [7, 11) is 0. The molecule has 1 unspecified atom stereocenters. The highest BCUT2D eigenvalue weighted by atomic mass is 35.5. The van der Waals surface area contributed by atoms with E-state index in [-0.39, 0.29) is 0 Å². The number of morpholine rings is 1. The third-order valence-corrected chi connectivity index (χ3v) is 4.41. The van der Waals surface area contributed by atoms with Gasteiger partial charge in [0.15, 0.2) is 0 Å². The van der Waals surface area contributed by atoms with Gasteiger partial charge in [0.2, 0.25) is 0 Å². The van der Waals surface area contributed by atoms with Gasteiger partial charge in [0.05, 0.1) is 18.2 Å². The van der Waals surface area contributed by atoms with Gasteiger partial charge in [-0.05, 0) is 13.0 Å². The molecule has 114 valence electrons. The van der Waals surface area contributed by atoms with Crippen LogP contribution in [0.25, 0.3) is 10.9 Å². The van der Waals surface area contributed by atoms with Crippen LogP contribution >= 0.6 is 11.6 Å². The maximum absolute atomic E-state index is 6.43. The Kier molecular flexibility index (Phi) is 4.80. The van der Waals surface area contributed by atoms with Crippen LogP contribution in [0.3, 0.4) is 0 Å². The molecule has 0 bridgehead atoms. The van der Waals surface area contributed by atoms with E-state index in [1.54, 1.807) is 0 Å². The molecule has 0 radical (unpaired) electrons. The SMILES string of the molecule is CC(CN1CCOCC1)NCc1[nH]c2ccccc2c1Cl. The molecule has 21 heavy (non-hydrogen) atoms. The second-order valence-electron chi connectivity index (χ2n) is 5.66. The number of rotatable bonds is 5. The van der Waals surface area contributed by atoms with Gasteiger partial charge in [-0.2, -0.15) is 0 Å². The molecule has 1 aliphatic heterocycles. The number of halogens is 1. The number of aromatic amines is 1. The van der Waals surface area contributed by atoms with Gasteiger partial charge >= 0.3 is 0 Å². The van der Waals surface area contributed by atoms with Crippen molar-refractivity contribution in [2.24, 2.45) is 0 Å². The Hall–Kier alpha value is -1.07. The molecule has 0 saturated carbocycles. The van der Waals surface area contributed by atoms with Crippen LogP contribution in [0.2, 0.25) is 5.02 Å². The summed E-state index contributed by atoms with van der Waals surface area (Å²) in [4.78, 5) is 5.83. The van der Waals surface area contributed by atoms with Crippen molar-refractivity contribution < 1.29 is 4.74 Å². The number of hydrogen-bond acceptors (Lipinski definition) is 3. The van der Waals surface area contributed by atoms with Crippen LogP contribution in [0.15, 0.2) is 24.3 Å². The molecule has 1 aromatic heterocycles. The van der Waals surface area contributed by atoms with Crippen LogP contribution in [0.5, 0.6) is 0 Å². The molecule has 1 saturated heterocycles. The molecule has 1 fully saturated rings. The molecule has 4 nitrogen and oxygen atoms in total. The first kappa shape index (κ1) is 14.9. The fourth-order valence-corrected chi connectivity index (χ4v) is 3.08. The van der Waals surface area contributed by atoms with Crippen LogP contribution in [-0.2, 0) is 11.3 Å². The Bertz CT molecular complexity index is 592. The summed E-state index contributed by atoms with van der Waals surface area (Å²) in [5.74, 6) is 0. The number of nitrogens with zero attached hydrogens (tertiary/aromatic N) is 1. The van der Waals surface area contributed by atoms with Gasteiger partial charge in [-0.15, -0.1) is 0 Å². The van der Waals surface area contributed by atoms with Crippen molar-refractivity contribution in [3.05, 3.63) is 35.0 Å². The molecule has 2 heterocycles. The molecular weight excluding hydrogens is 286 g/mol. The van der Waals surface area contributed by atoms with Crippen molar-refractivity contribution in [2.45, 2.75) is 19.5 Å². The first-order valence-corrected chi connectivity index (χ1v) is 7.90. The zero-order valence-corrected chi connectivity index (χ0v) is 13.1. The van der Waals surface area contributed by atoms with Gasteiger partial charge in [0.25, 0.3) is 0 Å². The van der Waals surface area contributed by atoms with Crippen molar-refractivity contribution in [2.75, 3.05) is 32.8 Å². The zero-order chi connectivity index (χ0) is 14.7. The molecule has 2 N–H and O–H groups in total. The summed E-state index contributed by atoms with van der Waals surface area (Å²) < 4.78 is 5.38. The highest BCUT2D eigenvalue weighted by molar-refractivity contribution is 6.36. The first-order chi connectivity index (χ1) is 10.2. The molecule has 1 aromatic carbocycles. The van der Waals surface area contributed by atoms with Crippen LogP contribution in [0.4, 0.5) is 0 Å². The average Bonchev–Trinajstić information content (AvgIpc) is 2.83. The summed E-state index contributed by atoms with van der Waals surface area (Å²) in [5, 5.41) is 5.47. The Balaban J connectivity index is 1.56. The van der Waals surface area contributed by atoms with E-state index in [1.165, 1.54) is 0 Å². The van der Waals surface area contributed by atoms with Crippen LogP contribution < -0.4 is 5.32 Å². The minimum Gasteiger partial charge on any atom is -0.379 e. The number of aromatic nitrogens is 1. The Labute approximate surface area is 130 Å². The van der Waals surface area contributed by atoms with Crippen molar-refractivity contribution in [1.82, 2.24) is 15.2 Å². The van der Waals surface area contributed by atoms with E-state index in [0.717, 1.165) is 61.0 Å². The zero-order valence-electron chi connectivity index (χ0n) is 12.4. The predicted molar refractivity (Wildman–Crippen MR) is 86.9 cm³/mol. The molecule has 1 aliphatic rings. The second-order valence-corrected chi connectivity index (χ2v) is 6.04. The Morgan fingerprint density at radius 2 is 2.10 bits per heavy atom. The third-order valence-electron chi connectivity index (χ3n) is 3.98. The molecule has 0 spiro atoms. The number of para-hydroxylation sites is 1. The van der Waals surface area contributed by atoms with Crippen LogP contribution in [0, 0.1) is 0 Å². The highest BCUT2D eigenvalue weighted by Gasteiger charge is 2.14. The second kappa shape index (κ2) is 6.79.